The van der Waals surface area contributed by atoms with Crippen LogP contribution < -0.4 is 5.32 Å². The van der Waals surface area contributed by atoms with Crippen LogP contribution in [0, 0.1) is 0 Å². The van der Waals surface area contributed by atoms with E-state index in [9.17, 15) is 23.5 Å². The smallest absolute Gasteiger partial charge is 0.354 e. The van der Waals surface area contributed by atoms with Gasteiger partial charge < -0.3 is 10.4 Å². The van der Waals surface area contributed by atoms with E-state index >= 15 is 0 Å². The van der Waals surface area contributed by atoms with Crippen LogP contribution in [0.1, 0.15) is 37.8 Å². The van der Waals surface area contributed by atoms with Gasteiger partial charge >= 0.3 is 5.97 Å². The SMILES string of the molecule is Cn1ncc(CNC(=O)c2sc(-c3ccccc3)nc2C(F)F)c1C(=O)O. The molecule has 3 rings (SSSR count). The molecule has 0 atom stereocenters. The first-order chi connectivity index (χ1) is 12.9. The third-order valence-corrected chi connectivity index (χ3v) is 4.86. The molecule has 0 radical (unpaired) electrons. The maximum atomic E-state index is 13.3. The molecule has 0 bridgehead atoms. The molecule has 0 spiro atoms. The molecule has 0 unspecified atom stereocenters. The number of aromatic carboxylic acids is 1. The van der Waals surface area contributed by atoms with E-state index in [1.165, 1.54) is 13.2 Å². The van der Waals surface area contributed by atoms with Crippen molar-refractivity contribution in [2.45, 2.75) is 13.0 Å². The zero-order valence-electron chi connectivity index (χ0n) is 14.0. The molecule has 2 N–H and O–H groups in total. The topological polar surface area (TPSA) is 97.1 Å². The fourth-order valence-electron chi connectivity index (χ4n) is 2.49. The van der Waals surface area contributed by atoms with Crippen LogP contribution in [0.5, 0.6) is 0 Å². The Balaban J connectivity index is 1.84. The van der Waals surface area contributed by atoms with E-state index in [1.54, 1.807) is 30.3 Å². The highest BCUT2D eigenvalue weighted by atomic mass is 32.1. The van der Waals surface area contributed by atoms with E-state index in [1.807, 2.05) is 0 Å². The quantitative estimate of drug-likeness (QED) is 0.672. The highest BCUT2D eigenvalue weighted by molar-refractivity contribution is 7.17. The highest BCUT2D eigenvalue weighted by Crippen LogP contribution is 2.33. The molecule has 0 aliphatic heterocycles. The van der Waals surface area contributed by atoms with E-state index in [0.717, 1.165) is 16.0 Å². The van der Waals surface area contributed by atoms with Gasteiger partial charge in [0.1, 0.15) is 15.6 Å². The fourth-order valence-corrected chi connectivity index (χ4v) is 3.49. The predicted molar refractivity (Wildman–Crippen MR) is 93.8 cm³/mol. The summed E-state index contributed by atoms with van der Waals surface area (Å²) in [6, 6.07) is 8.70. The summed E-state index contributed by atoms with van der Waals surface area (Å²) in [5, 5.41) is 15.8. The number of carboxylic acid groups (broad SMARTS) is 1. The van der Waals surface area contributed by atoms with Gasteiger partial charge in [0.15, 0.2) is 5.69 Å². The number of aromatic nitrogens is 3. The Morgan fingerprint density at radius 1 is 1.30 bits per heavy atom. The number of thiazole rings is 1. The van der Waals surface area contributed by atoms with Crippen molar-refractivity contribution in [2.75, 3.05) is 0 Å². The Labute approximate surface area is 156 Å². The maximum Gasteiger partial charge on any atom is 0.354 e. The zero-order chi connectivity index (χ0) is 19.6. The lowest BCUT2D eigenvalue weighted by atomic mass is 10.2. The van der Waals surface area contributed by atoms with Crippen molar-refractivity contribution in [2.24, 2.45) is 7.05 Å². The number of aryl methyl sites for hydroxylation is 1. The summed E-state index contributed by atoms with van der Waals surface area (Å²) in [6.07, 6.45) is -1.60. The Hall–Kier alpha value is -3.14. The number of hydrogen-bond acceptors (Lipinski definition) is 5. The molecule has 0 fully saturated rings. The Bertz CT molecular complexity index is 985. The number of hydrogen-bond donors (Lipinski definition) is 2. The number of alkyl halides is 2. The third kappa shape index (κ3) is 3.85. The first-order valence-electron chi connectivity index (χ1n) is 7.75. The Kier molecular flexibility index (Phi) is 5.26. The average molecular weight is 392 g/mol. The first kappa shape index (κ1) is 18.6. The van der Waals surface area contributed by atoms with E-state index in [-0.39, 0.29) is 22.7 Å². The second-order valence-corrected chi connectivity index (χ2v) is 6.53. The molecule has 3 aromatic rings. The normalized spacial score (nSPS) is 11.0. The summed E-state index contributed by atoms with van der Waals surface area (Å²) in [7, 11) is 1.46. The van der Waals surface area contributed by atoms with Crippen molar-refractivity contribution in [3.05, 3.63) is 58.4 Å². The molecule has 0 aliphatic rings. The van der Waals surface area contributed by atoms with Crippen molar-refractivity contribution >= 4 is 23.2 Å². The molecule has 7 nitrogen and oxygen atoms in total. The van der Waals surface area contributed by atoms with Crippen LogP contribution in [0.3, 0.4) is 0 Å². The maximum absolute atomic E-state index is 13.3. The number of rotatable bonds is 6. The van der Waals surface area contributed by atoms with Gasteiger partial charge in [-0.25, -0.2) is 18.6 Å². The van der Waals surface area contributed by atoms with Crippen LogP contribution in [0.2, 0.25) is 0 Å². The van der Waals surface area contributed by atoms with Gasteiger partial charge in [-0.2, -0.15) is 5.10 Å². The molecule has 1 amide bonds. The van der Waals surface area contributed by atoms with E-state index in [0.29, 0.717) is 10.6 Å². The number of carbonyl (C=O) groups is 2. The van der Waals surface area contributed by atoms with Gasteiger partial charge in [0.25, 0.3) is 12.3 Å². The minimum atomic E-state index is -2.91. The van der Waals surface area contributed by atoms with Gasteiger partial charge in [0, 0.05) is 24.7 Å². The minimum absolute atomic E-state index is 0.0846. The number of benzene rings is 1. The highest BCUT2D eigenvalue weighted by Gasteiger charge is 2.25. The average Bonchev–Trinajstić information content (AvgIpc) is 3.24. The number of amides is 1. The summed E-state index contributed by atoms with van der Waals surface area (Å²) in [5.41, 5.74) is 0.216. The third-order valence-electron chi connectivity index (χ3n) is 3.74. The molecular weight excluding hydrogens is 378 g/mol. The van der Waals surface area contributed by atoms with Gasteiger partial charge in [0.05, 0.1) is 6.20 Å². The number of carboxylic acids is 1. The summed E-state index contributed by atoms with van der Waals surface area (Å²) < 4.78 is 27.8. The molecule has 0 saturated carbocycles. The van der Waals surface area contributed by atoms with Crippen molar-refractivity contribution in [1.82, 2.24) is 20.1 Å². The van der Waals surface area contributed by atoms with E-state index < -0.39 is 24.0 Å². The van der Waals surface area contributed by atoms with Crippen LogP contribution in [0.15, 0.2) is 36.5 Å². The van der Waals surface area contributed by atoms with Crippen LogP contribution >= 0.6 is 11.3 Å². The molecule has 140 valence electrons. The first-order valence-corrected chi connectivity index (χ1v) is 8.56. The molecule has 0 saturated heterocycles. The molecule has 2 heterocycles. The van der Waals surface area contributed by atoms with Crippen LogP contribution in [0.4, 0.5) is 8.78 Å². The van der Waals surface area contributed by atoms with Crippen LogP contribution in [-0.4, -0.2) is 31.7 Å². The fraction of sp³-hybridized carbons (Fsp3) is 0.176. The van der Waals surface area contributed by atoms with E-state index in [2.05, 4.69) is 15.4 Å². The molecule has 10 heteroatoms. The summed E-state index contributed by atoms with van der Waals surface area (Å²) in [5.74, 6) is -1.94. The standard InChI is InChI=1S/C17H14F2N4O3S/c1-23-12(17(25)26)10(8-21-23)7-20-15(24)13-11(14(18)19)22-16(27-13)9-5-3-2-4-6-9/h2-6,8,14H,7H2,1H3,(H,20,24)(H,25,26). The number of nitrogens with zero attached hydrogens (tertiary/aromatic N) is 3. The second-order valence-electron chi connectivity index (χ2n) is 5.53. The summed E-state index contributed by atoms with van der Waals surface area (Å²) in [6.45, 7) is -0.157. The van der Waals surface area contributed by atoms with Gasteiger partial charge in [-0.3, -0.25) is 9.48 Å². The molecule has 1 aromatic carbocycles. The van der Waals surface area contributed by atoms with Crippen LogP contribution in [-0.2, 0) is 13.6 Å². The number of halogens is 2. The van der Waals surface area contributed by atoms with Crippen molar-refractivity contribution in [3.8, 4) is 10.6 Å². The van der Waals surface area contributed by atoms with Crippen molar-refractivity contribution in [3.63, 3.8) is 0 Å². The van der Waals surface area contributed by atoms with Gasteiger partial charge in [-0.15, -0.1) is 11.3 Å². The largest absolute Gasteiger partial charge is 0.477 e. The molecule has 0 aliphatic carbocycles. The van der Waals surface area contributed by atoms with Gasteiger partial charge in [0.2, 0.25) is 0 Å². The zero-order valence-corrected chi connectivity index (χ0v) is 14.8. The van der Waals surface area contributed by atoms with Crippen molar-refractivity contribution < 1.29 is 23.5 Å². The molecule has 27 heavy (non-hydrogen) atoms. The lowest BCUT2D eigenvalue weighted by Gasteiger charge is -2.05. The summed E-state index contributed by atoms with van der Waals surface area (Å²) in [4.78, 5) is 27.4. The monoisotopic (exact) mass is 392 g/mol. The Morgan fingerprint density at radius 2 is 2.00 bits per heavy atom. The lowest BCUT2D eigenvalue weighted by Crippen LogP contribution is -2.24. The minimum Gasteiger partial charge on any atom is -0.477 e. The Morgan fingerprint density at radius 3 is 2.63 bits per heavy atom. The van der Waals surface area contributed by atoms with E-state index in [4.69, 9.17) is 0 Å². The molecular formula is C17H14F2N4O3S. The lowest BCUT2D eigenvalue weighted by molar-refractivity contribution is 0.0682. The molecule has 2 aromatic heterocycles. The second kappa shape index (κ2) is 7.62. The van der Waals surface area contributed by atoms with Gasteiger partial charge in [-0.05, 0) is 0 Å². The summed E-state index contributed by atoms with van der Waals surface area (Å²) >= 11 is 0.860. The predicted octanol–water partition coefficient (Wildman–Crippen LogP) is 3.11. The van der Waals surface area contributed by atoms with Gasteiger partial charge in [-0.1, -0.05) is 30.3 Å². The van der Waals surface area contributed by atoms with Crippen molar-refractivity contribution in [1.29, 1.82) is 0 Å². The van der Waals surface area contributed by atoms with Crippen LogP contribution in [0.25, 0.3) is 10.6 Å². The number of carbonyl (C=O) groups excluding carboxylic acids is 1. The number of nitrogens with one attached hydrogen (secondary N) is 1.